The molecule has 0 aliphatic carbocycles. The van der Waals surface area contributed by atoms with Gasteiger partial charge in [-0.05, 0) is 10.8 Å². The van der Waals surface area contributed by atoms with Crippen LogP contribution < -0.4 is 5.19 Å². The smallest absolute Gasteiger partial charge is 0.109 e. The highest BCUT2D eigenvalue weighted by atomic mass is 79.9. The van der Waals surface area contributed by atoms with Crippen molar-refractivity contribution < 1.29 is 0 Å². The third-order valence-corrected chi connectivity index (χ3v) is 5.48. The Labute approximate surface area is 84.1 Å². The summed E-state index contributed by atoms with van der Waals surface area (Å²) in [5, 5.41) is 1.36. The van der Waals surface area contributed by atoms with E-state index in [0.717, 1.165) is 0 Å². The van der Waals surface area contributed by atoms with Crippen LogP contribution in [-0.2, 0) is 0 Å². The van der Waals surface area contributed by atoms with Gasteiger partial charge < -0.3 is 0 Å². The van der Waals surface area contributed by atoms with Crippen molar-refractivity contribution in [3.8, 4) is 0 Å². The molecule has 3 heteroatoms. The first-order valence-electron chi connectivity index (χ1n) is 3.24. The van der Waals surface area contributed by atoms with E-state index in [1.807, 2.05) is 6.08 Å². The lowest BCUT2D eigenvalue weighted by molar-refractivity contribution is 1.71. The van der Waals surface area contributed by atoms with Crippen molar-refractivity contribution in [1.82, 2.24) is 0 Å². The lowest BCUT2D eigenvalue weighted by Gasteiger charge is -1.99. The number of hydrogen-bond donors (Lipinski definition) is 0. The van der Waals surface area contributed by atoms with Crippen molar-refractivity contribution in [3.63, 3.8) is 0 Å². The van der Waals surface area contributed by atoms with E-state index in [4.69, 9.17) is 0 Å². The van der Waals surface area contributed by atoms with E-state index in [1.54, 1.807) is 0 Å². The minimum atomic E-state index is -0.970. The van der Waals surface area contributed by atoms with Crippen LogP contribution in [0.4, 0.5) is 0 Å². The van der Waals surface area contributed by atoms with E-state index < -0.39 is 6.04 Å². The fourth-order valence-electron chi connectivity index (χ4n) is 0.778. The van der Waals surface area contributed by atoms with Crippen molar-refractivity contribution in [2.75, 3.05) is 0 Å². The molecular formula is C8H8Br2Si. The Kier molecular flexibility index (Phi) is 3.55. The van der Waals surface area contributed by atoms with Gasteiger partial charge in [0.1, 0.15) is 0 Å². The van der Waals surface area contributed by atoms with Crippen LogP contribution in [0.3, 0.4) is 0 Å². The molecule has 1 aromatic rings. The zero-order valence-electron chi connectivity index (χ0n) is 5.93. The summed E-state index contributed by atoms with van der Waals surface area (Å²) in [5.41, 5.74) is 1.17. The van der Waals surface area contributed by atoms with Gasteiger partial charge in [-0.25, -0.2) is 0 Å². The average molecular weight is 292 g/mol. The number of rotatable bonds is 2. The van der Waals surface area contributed by atoms with E-state index in [1.165, 1.54) is 10.8 Å². The first-order valence-corrected chi connectivity index (χ1v) is 10.2. The van der Waals surface area contributed by atoms with Crippen LogP contribution in [0.5, 0.6) is 0 Å². The van der Waals surface area contributed by atoms with Crippen LogP contribution in [0.1, 0.15) is 5.56 Å². The summed E-state index contributed by atoms with van der Waals surface area (Å²) in [7, 11) is 0. The van der Waals surface area contributed by atoms with E-state index in [-0.39, 0.29) is 0 Å². The van der Waals surface area contributed by atoms with Crippen molar-refractivity contribution in [2.45, 2.75) is 0 Å². The summed E-state index contributed by atoms with van der Waals surface area (Å²) < 4.78 is 0. The molecule has 0 radical (unpaired) electrons. The molecule has 58 valence electrons. The van der Waals surface area contributed by atoms with Gasteiger partial charge in [-0.3, -0.25) is 0 Å². The second-order valence-electron chi connectivity index (χ2n) is 2.17. The van der Waals surface area contributed by atoms with E-state index in [2.05, 4.69) is 61.4 Å². The molecule has 0 nitrogen and oxygen atoms in total. The van der Waals surface area contributed by atoms with Gasteiger partial charge in [0.2, 0.25) is 6.04 Å². The molecule has 0 fully saturated rings. The van der Waals surface area contributed by atoms with Gasteiger partial charge in [-0.15, -0.1) is 30.6 Å². The Morgan fingerprint density at radius 2 is 1.73 bits per heavy atom. The van der Waals surface area contributed by atoms with E-state index >= 15 is 0 Å². The molecule has 0 spiro atoms. The second-order valence-corrected chi connectivity index (χ2v) is 12.6. The van der Waals surface area contributed by atoms with Gasteiger partial charge in [-0.2, -0.15) is 0 Å². The normalized spacial score (nSPS) is 10.1. The molecule has 0 N–H and O–H groups in total. The molecular weight excluding hydrogens is 284 g/mol. The van der Waals surface area contributed by atoms with Crippen LogP contribution >= 0.6 is 30.6 Å². The van der Waals surface area contributed by atoms with Crippen molar-refractivity contribution >= 4 is 47.9 Å². The molecule has 1 aromatic carbocycles. The van der Waals surface area contributed by atoms with Crippen LogP contribution in [0.2, 0.25) is 0 Å². The summed E-state index contributed by atoms with van der Waals surface area (Å²) in [4.78, 5) is 0. The summed E-state index contributed by atoms with van der Waals surface area (Å²) in [5.74, 6) is 0. The summed E-state index contributed by atoms with van der Waals surface area (Å²) >= 11 is 7.12. The van der Waals surface area contributed by atoms with Gasteiger partial charge in [0, 0.05) is 0 Å². The summed E-state index contributed by atoms with van der Waals surface area (Å²) in [6, 6.07) is 7.42. The quantitative estimate of drug-likeness (QED) is 0.580. The van der Waals surface area contributed by atoms with E-state index in [9.17, 15) is 0 Å². The largest absolute Gasteiger partial charge is 0.216 e. The van der Waals surface area contributed by atoms with Crippen LogP contribution in [0.25, 0.3) is 6.08 Å². The maximum Gasteiger partial charge on any atom is 0.216 e. The third kappa shape index (κ3) is 2.58. The molecule has 0 atom stereocenters. The number of benzene rings is 1. The highest BCUT2D eigenvalue weighted by Gasteiger charge is 2.02. The molecule has 0 amide bonds. The molecule has 0 aliphatic rings. The zero-order valence-corrected chi connectivity index (χ0v) is 10.3. The van der Waals surface area contributed by atoms with Crippen molar-refractivity contribution in [3.05, 3.63) is 36.4 Å². The lowest BCUT2D eigenvalue weighted by atomic mass is 10.2. The monoisotopic (exact) mass is 290 g/mol. The van der Waals surface area contributed by atoms with Crippen LogP contribution in [-0.4, -0.2) is 6.04 Å². The predicted octanol–water partition coefficient (Wildman–Crippen LogP) is 2.55. The molecule has 0 aromatic heterocycles. The molecule has 1 rings (SSSR count). The Balaban J connectivity index is 2.91. The summed E-state index contributed by atoms with van der Waals surface area (Å²) in [6.07, 6.45) is 1.85. The molecule has 0 bridgehead atoms. The molecule has 0 heterocycles. The van der Waals surface area contributed by atoms with Crippen molar-refractivity contribution in [2.24, 2.45) is 0 Å². The van der Waals surface area contributed by atoms with Gasteiger partial charge in [0.15, 0.2) is 0 Å². The minimum absolute atomic E-state index is 0.970. The molecule has 0 saturated carbocycles. The standard InChI is InChI=1S/C8H8Br2Si/c1-2-7-3-5-8(6-4-7)11(9)10/h2-6,11H,1H2. The first kappa shape index (κ1) is 9.23. The molecule has 0 unspecified atom stereocenters. The zero-order chi connectivity index (χ0) is 8.27. The second kappa shape index (κ2) is 4.23. The van der Waals surface area contributed by atoms with Crippen LogP contribution in [0.15, 0.2) is 30.8 Å². The molecule has 0 aliphatic heterocycles. The highest BCUT2D eigenvalue weighted by molar-refractivity contribution is 9.49. The molecule has 0 saturated heterocycles. The lowest BCUT2D eigenvalue weighted by Crippen LogP contribution is -2.15. The van der Waals surface area contributed by atoms with E-state index in [0.29, 0.717) is 0 Å². The predicted molar refractivity (Wildman–Crippen MR) is 61.2 cm³/mol. The third-order valence-electron chi connectivity index (χ3n) is 1.42. The molecule has 11 heavy (non-hydrogen) atoms. The maximum atomic E-state index is 3.69. The highest BCUT2D eigenvalue weighted by Crippen LogP contribution is 2.05. The topological polar surface area (TPSA) is 0 Å². The number of hydrogen-bond acceptors (Lipinski definition) is 0. The Morgan fingerprint density at radius 1 is 1.18 bits per heavy atom. The fraction of sp³-hybridized carbons (Fsp3) is 0. The first-order chi connectivity index (χ1) is 5.24. The van der Waals surface area contributed by atoms with Gasteiger partial charge in [0.25, 0.3) is 0 Å². The minimum Gasteiger partial charge on any atom is -0.109 e. The SMILES string of the molecule is C=Cc1ccc([SiH](Br)Br)cc1. The van der Waals surface area contributed by atoms with Gasteiger partial charge in [-0.1, -0.05) is 36.9 Å². The Hall–Kier alpha value is 0.137. The van der Waals surface area contributed by atoms with Gasteiger partial charge in [0.05, 0.1) is 0 Å². The van der Waals surface area contributed by atoms with Crippen LogP contribution in [0, 0.1) is 0 Å². The average Bonchev–Trinajstić information content (AvgIpc) is 2.05. The summed E-state index contributed by atoms with van der Waals surface area (Å²) in [6.45, 7) is 3.69. The maximum absolute atomic E-state index is 3.69. The Morgan fingerprint density at radius 3 is 2.09 bits per heavy atom. The van der Waals surface area contributed by atoms with Gasteiger partial charge >= 0.3 is 0 Å². The Bertz CT molecular complexity index is 241. The van der Waals surface area contributed by atoms with Crippen molar-refractivity contribution in [1.29, 1.82) is 0 Å². The number of halogens is 2. The fourth-order valence-corrected chi connectivity index (χ4v) is 3.09.